The first-order valence-corrected chi connectivity index (χ1v) is 16.8. The molecule has 0 aliphatic carbocycles. The molecule has 1 rings (SSSR count). The van der Waals surface area contributed by atoms with E-state index in [1.165, 1.54) is 31.4 Å². The molecule has 0 aromatic rings. The van der Waals surface area contributed by atoms with E-state index in [2.05, 4.69) is 11.4 Å². The topological polar surface area (TPSA) is 121 Å². The lowest BCUT2D eigenvalue weighted by Gasteiger charge is -2.21. The lowest BCUT2D eigenvalue weighted by Crippen LogP contribution is -2.28. The van der Waals surface area contributed by atoms with Crippen LogP contribution < -0.4 is 0 Å². The Bertz CT molecular complexity index is 591. The van der Waals surface area contributed by atoms with Gasteiger partial charge in [-0.2, -0.15) is 0 Å². The normalized spacial score (nSPS) is 24.9. The highest BCUT2D eigenvalue weighted by atomic mass is 33.1. The fourth-order valence-electron chi connectivity index (χ4n) is 3.10. The van der Waals surface area contributed by atoms with E-state index < -0.39 is 27.9 Å². The summed E-state index contributed by atoms with van der Waals surface area (Å²) in [7, 11) is -1.73. The van der Waals surface area contributed by atoms with Crippen molar-refractivity contribution in [1.82, 2.24) is 0 Å². The Morgan fingerprint density at radius 1 is 0.969 bits per heavy atom. The van der Waals surface area contributed by atoms with Gasteiger partial charge >= 0.3 is 15.6 Å². The van der Waals surface area contributed by atoms with Gasteiger partial charge < -0.3 is 14.5 Å². The molecule has 9 nitrogen and oxygen atoms in total. The van der Waals surface area contributed by atoms with Gasteiger partial charge in [0.1, 0.15) is 14.0 Å². The average Bonchev–Trinajstić information content (AvgIpc) is 3.08. The van der Waals surface area contributed by atoms with E-state index >= 15 is 0 Å². The van der Waals surface area contributed by atoms with Gasteiger partial charge in [-0.15, -0.1) is 0 Å². The number of unbranched alkanes of at least 4 members (excludes halogenated alkanes) is 6. The van der Waals surface area contributed by atoms with Gasteiger partial charge in [-0.25, -0.2) is 9.13 Å². The maximum atomic E-state index is 12.1. The molecular weight excluding hydrogens is 497 g/mol. The van der Waals surface area contributed by atoms with Crippen LogP contribution in [0.1, 0.15) is 64.7 Å². The summed E-state index contributed by atoms with van der Waals surface area (Å²) in [6.07, 6.45) is 7.76. The van der Waals surface area contributed by atoms with Gasteiger partial charge in [-0.05, 0) is 25.7 Å². The fourth-order valence-corrected chi connectivity index (χ4v) is 6.81. The van der Waals surface area contributed by atoms with Crippen molar-refractivity contribution in [2.75, 3.05) is 31.8 Å². The second kappa shape index (κ2) is 17.4. The molecule has 14 heteroatoms. The maximum absolute atomic E-state index is 12.1. The molecule has 0 spiro atoms. The highest BCUT2D eigenvalue weighted by molar-refractivity contribution is 8.76. The monoisotopic (exact) mass is 536 g/mol. The van der Waals surface area contributed by atoms with Crippen molar-refractivity contribution in [3.63, 3.8) is 0 Å². The molecule has 1 aliphatic rings. The van der Waals surface area contributed by atoms with Crippen LogP contribution in [0.2, 0.25) is 0 Å². The third-order valence-corrected chi connectivity index (χ3v) is 9.39. The predicted octanol–water partition coefficient (Wildman–Crippen LogP) is 4.52. The molecule has 0 aromatic heterocycles. The smallest absolute Gasteiger partial charge is 0.379 e. The van der Waals surface area contributed by atoms with Gasteiger partial charge in [0.05, 0.1) is 19.3 Å². The number of hydrogen-bond donors (Lipinski definition) is 2. The van der Waals surface area contributed by atoms with E-state index in [9.17, 15) is 18.9 Å². The fraction of sp³-hybridized carbons (Fsp3) is 1.00. The second-order valence-electron chi connectivity index (χ2n) is 7.73. The predicted molar refractivity (Wildman–Crippen MR) is 133 cm³/mol. The lowest BCUT2D eigenvalue weighted by atomic mass is 9.96. The SMILES string of the molecule is B[C@H]1C[C@@H](OP(=O)(O)OC)[C@@H](COP(=O)(O)OCCCCCCSSCCCCCC)O1. The van der Waals surface area contributed by atoms with Crippen molar-refractivity contribution in [3.05, 3.63) is 0 Å². The average molecular weight is 536 g/mol. The van der Waals surface area contributed by atoms with Gasteiger partial charge in [0.2, 0.25) is 0 Å². The quantitative estimate of drug-likeness (QED) is 0.0989. The van der Waals surface area contributed by atoms with Crippen LogP contribution in [0.15, 0.2) is 0 Å². The van der Waals surface area contributed by atoms with E-state index in [1.807, 2.05) is 21.6 Å². The summed E-state index contributed by atoms with van der Waals surface area (Å²) < 4.78 is 48.8. The first-order chi connectivity index (χ1) is 15.2. The van der Waals surface area contributed by atoms with Crippen LogP contribution in [0.25, 0.3) is 0 Å². The Balaban J connectivity index is 2.10. The van der Waals surface area contributed by atoms with Crippen molar-refractivity contribution in [3.8, 4) is 0 Å². The van der Waals surface area contributed by atoms with Crippen LogP contribution in [-0.2, 0) is 32.0 Å². The molecule has 0 aromatic carbocycles. The van der Waals surface area contributed by atoms with Crippen LogP contribution in [-0.4, -0.2) is 67.7 Å². The molecule has 32 heavy (non-hydrogen) atoms. The Kier molecular flexibility index (Phi) is 16.8. The summed E-state index contributed by atoms with van der Waals surface area (Å²) in [5.41, 5.74) is 0. The Morgan fingerprint density at radius 2 is 1.59 bits per heavy atom. The molecule has 1 aliphatic heterocycles. The summed E-state index contributed by atoms with van der Waals surface area (Å²) in [6, 6.07) is -0.248. The summed E-state index contributed by atoms with van der Waals surface area (Å²) >= 11 is 0. The second-order valence-corrected chi connectivity index (χ2v) is 13.4. The van der Waals surface area contributed by atoms with Crippen molar-refractivity contribution >= 4 is 45.1 Å². The Labute approximate surface area is 201 Å². The molecule has 0 bridgehead atoms. The van der Waals surface area contributed by atoms with Crippen molar-refractivity contribution in [2.24, 2.45) is 0 Å². The summed E-state index contributed by atoms with van der Waals surface area (Å²) in [4.78, 5) is 19.3. The largest absolute Gasteiger partial charge is 0.472 e. The Morgan fingerprint density at radius 3 is 2.22 bits per heavy atom. The van der Waals surface area contributed by atoms with Crippen LogP contribution in [0, 0.1) is 0 Å². The third-order valence-electron chi connectivity index (χ3n) is 4.83. The van der Waals surface area contributed by atoms with Gasteiger partial charge in [0, 0.05) is 24.6 Å². The van der Waals surface area contributed by atoms with E-state index in [0.717, 1.165) is 32.1 Å². The van der Waals surface area contributed by atoms with E-state index in [-0.39, 0.29) is 19.2 Å². The minimum Gasteiger partial charge on any atom is -0.379 e. The number of hydrogen-bond acceptors (Lipinski definition) is 9. The summed E-state index contributed by atoms with van der Waals surface area (Å²) in [5, 5.41) is 0. The standard InChI is InChI=1S/C18H39BO9P2S2/c1-3-4-5-9-12-31-32-13-10-7-6-8-11-25-30(22,23)26-15-17-16(14-18(19)27-17)28-29(20,21)24-2/h16-18H,3-15,19H2,1-2H3,(H,20,21)(H,22,23)/t16-,17-,18-/m1/s1. The van der Waals surface area contributed by atoms with Crippen LogP contribution in [0.4, 0.5) is 0 Å². The van der Waals surface area contributed by atoms with Crippen molar-refractivity contribution < 1.29 is 41.7 Å². The first kappa shape index (κ1) is 31.0. The van der Waals surface area contributed by atoms with Crippen LogP contribution in [0.5, 0.6) is 0 Å². The van der Waals surface area contributed by atoms with Crippen LogP contribution >= 0.6 is 37.2 Å². The number of ether oxygens (including phenoxy) is 1. The van der Waals surface area contributed by atoms with Crippen molar-refractivity contribution in [2.45, 2.75) is 82.9 Å². The molecule has 1 fully saturated rings. The Hall–Kier alpha value is 0.945. The van der Waals surface area contributed by atoms with Gasteiger partial charge in [0.15, 0.2) is 0 Å². The molecule has 0 radical (unpaired) electrons. The summed E-state index contributed by atoms with van der Waals surface area (Å²) in [5.74, 6) is 2.33. The molecule has 190 valence electrons. The van der Waals surface area contributed by atoms with Gasteiger partial charge in [-0.1, -0.05) is 60.6 Å². The van der Waals surface area contributed by atoms with Gasteiger partial charge in [0.25, 0.3) is 0 Å². The molecule has 0 amide bonds. The number of phosphoric ester groups is 2. The maximum Gasteiger partial charge on any atom is 0.472 e. The molecule has 1 saturated heterocycles. The van der Waals surface area contributed by atoms with E-state index in [0.29, 0.717) is 12.8 Å². The zero-order valence-corrected chi connectivity index (χ0v) is 22.8. The van der Waals surface area contributed by atoms with Gasteiger partial charge in [-0.3, -0.25) is 18.1 Å². The molecule has 2 N–H and O–H groups in total. The third kappa shape index (κ3) is 15.0. The molecule has 2 unspecified atom stereocenters. The molecule has 0 saturated carbocycles. The highest BCUT2D eigenvalue weighted by Gasteiger charge is 2.40. The lowest BCUT2D eigenvalue weighted by molar-refractivity contribution is -0.00843. The molecular formula is C18H39BO9P2S2. The van der Waals surface area contributed by atoms with Crippen LogP contribution in [0.3, 0.4) is 0 Å². The highest BCUT2D eigenvalue weighted by Crippen LogP contribution is 2.48. The molecule has 5 atom stereocenters. The van der Waals surface area contributed by atoms with E-state index in [4.69, 9.17) is 18.3 Å². The number of phosphoric acid groups is 2. The minimum atomic E-state index is -4.24. The minimum absolute atomic E-state index is 0.129. The van der Waals surface area contributed by atoms with Crippen molar-refractivity contribution in [1.29, 1.82) is 0 Å². The molecule has 1 heterocycles. The zero-order valence-electron chi connectivity index (χ0n) is 19.4. The number of rotatable bonds is 20. The summed E-state index contributed by atoms with van der Waals surface area (Å²) in [6.45, 7) is 2.06. The zero-order chi connectivity index (χ0) is 23.9. The first-order valence-electron chi connectivity index (χ1n) is 11.3. The van der Waals surface area contributed by atoms with E-state index in [1.54, 1.807) is 7.85 Å².